The first-order chi connectivity index (χ1) is 11.9. The number of benzene rings is 2. The van der Waals surface area contributed by atoms with Gasteiger partial charge in [-0.05, 0) is 29.8 Å². The van der Waals surface area contributed by atoms with Crippen LogP contribution in [0.25, 0.3) is 11.6 Å². The standard InChI is InChI=1S/C17H14ClNO6/c1-24-15-8-11(14(19(22)23)9-16(15)25-2)7-13(17(20)21)10-3-5-12(18)6-4-10/h3-9H,1-2H3,(H,20,21)/b13-7-. The molecule has 0 bridgehead atoms. The number of nitrogens with zero attached hydrogens (tertiary/aromatic N) is 1. The van der Waals surface area contributed by atoms with Crippen molar-refractivity contribution < 1.29 is 24.3 Å². The third kappa shape index (κ3) is 4.07. The zero-order chi connectivity index (χ0) is 18.6. The molecule has 0 saturated heterocycles. The molecule has 0 aliphatic heterocycles. The van der Waals surface area contributed by atoms with Gasteiger partial charge in [0.2, 0.25) is 0 Å². The average Bonchev–Trinajstić information content (AvgIpc) is 2.59. The Hall–Kier alpha value is -3.06. The molecule has 1 N–H and O–H groups in total. The number of carboxylic acid groups (broad SMARTS) is 1. The molecule has 0 unspecified atom stereocenters. The van der Waals surface area contributed by atoms with Crippen molar-refractivity contribution in [1.82, 2.24) is 0 Å². The van der Waals surface area contributed by atoms with Crippen LogP contribution in [0.15, 0.2) is 36.4 Å². The van der Waals surface area contributed by atoms with E-state index in [0.717, 1.165) is 0 Å². The maximum atomic E-state index is 11.6. The molecule has 0 saturated carbocycles. The van der Waals surface area contributed by atoms with Gasteiger partial charge in [-0.3, -0.25) is 10.1 Å². The molecule has 2 rings (SSSR count). The Kier molecular flexibility index (Phi) is 5.61. The molecule has 0 heterocycles. The Balaban J connectivity index is 2.68. The summed E-state index contributed by atoms with van der Waals surface area (Å²) in [4.78, 5) is 22.3. The van der Waals surface area contributed by atoms with E-state index in [4.69, 9.17) is 21.1 Å². The molecule has 2 aromatic carbocycles. The van der Waals surface area contributed by atoms with Gasteiger partial charge in [0.05, 0.1) is 36.3 Å². The molecule has 2 aromatic rings. The number of nitro groups is 1. The van der Waals surface area contributed by atoms with Gasteiger partial charge in [-0.2, -0.15) is 0 Å². The van der Waals surface area contributed by atoms with Gasteiger partial charge in [-0.15, -0.1) is 0 Å². The second-order valence-corrected chi connectivity index (χ2v) is 5.33. The molecule has 0 aliphatic carbocycles. The van der Waals surface area contributed by atoms with Crippen molar-refractivity contribution in [1.29, 1.82) is 0 Å². The van der Waals surface area contributed by atoms with Crippen LogP contribution >= 0.6 is 11.6 Å². The van der Waals surface area contributed by atoms with E-state index in [-0.39, 0.29) is 28.3 Å². The second kappa shape index (κ2) is 7.67. The number of carboxylic acids is 1. The van der Waals surface area contributed by atoms with E-state index in [1.54, 1.807) is 0 Å². The predicted octanol–water partition coefficient (Wildman–Crippen LogP) is 3.89. The predicted molar refractivity (Wildman–Crippen MR) is 93.2 cm³/mol. The number of rotatable bonds is 6. The van der Waals surface area contributed by atoms with E-state index in [0.29, 0.717) is 10.6 Å². The number of aliphatic carboxylic acids is 1. The average molecular weight is 364 g/mol. The van der Waals surface area contributed by atoms with E-state index >= 15 is 0 Å². The quantitative estimate of drug-likeness (QED) is 0.362. The smallest absolute Gasteiger partial charge is 0.336 e. The summed E-state index contributed by atoms with van der Waals surface area (Å²) in [5.41, 5.74) is 0.0216. The van der Waals surface area contributed by atoms with Crippen molar-refractivity contribution in [2.45, 2.75) is 0 Å². The molecule has 25 heavy (non-hydrogen) atoms. The van der Waals surface area contributed by atoms with Crippen LogP contribution in [0.3, 0.4) is 0 Å². The third-order valence-corrected chi connectivity index (χ3v) is 3.67. The summed E-state index contributed by atoms with van der Waals surface area (Å²) in [5, 5.41) is 21.3. The number of nitro benzene ring substituents is 1. The lowest BCUT2D eigenvalue weighted by molar-refractivity contribution is -0.385. The Bertz CT molecular complexity index is 845. The Morgan fingerprint density at radius 1 is 1.16 bits per heavy atom. The van der Waals surface area contributed by atoms with E-state index < -0.39 is 10.9 Å². The lowest BCUT2D eigenvalue weighted by Gasteiger charge is -2.10. The number of ether oxygens (including phenoxy) is 2. The van der Waals surface area contributed by atoms with E-state index in [1.165, 1.54) is 56.7 Å². The normalized spacial score (nSPS) is 11.1. The number of hydrogen-bond donors (Lipinski definition) is 1. The van der Waals surface area contributed by atoms with Crippen LogP contribution in [0.2, 0.25) is 5.02 Å². The van der Waals surface area contributed by atoms with Gasteiger partial charge < -0.3 is 14.6 Å². The fourth-order valence-electron chi connectivity index (χ4n) is 2.21. The molecule has 8 heteroatoms. The van der Waals surface area contributed by atoms with Gasteiger partial charge in [-0.25, -0.2) is 4.79 Å². The van der Waals surface area contributed by atoms with Crippen molar-refractivity contribution in [2.75, 3.05) is 14.2 Å². The molecule has 0 aliphatic rings. The minimum atomic E-state index is -1.23. The van der Waals surface area contributed by atoms with Crippen LogP contribution < -0.4 is 9.47 Å². The highest BCUT2D eigenvalue weighted by Gasteiger charge is 2.20. The fourth-order valence-corrected chi connectivity index (χ4v) is 2.34. The summed E-state index contributed by atoms with van der Waals surface area (Å²) in [5.74, 6) is -0.804. The van der Waals surface area contributed by atoms with E-state index in [1.807, 2.05) is 0 Å². The first kappa shape index (κ1) is 18.3. The van der Waals surface area contributed by atoms with Crippen molar-refractivity contribution in [3.05, 3.63) is 62.7 Å². The fraction of sp³-hybridized carbons (Fsp3) is 0.118. The van der Waals surface area contributed by atoms with Gasteiger partial charge in [-0.1, -0.05) is 23.7 Å². The van der Waals surface area contributed by atoms with Crippen molar-refractivity contribution >= 4 is 34.9 Å². The number of hydrogen-bond acceptors (Lipinski definition) is 5. The molecule has 0 radical (unpaired) electrons. The minimum Gasteiger partial charge on any atom is -0.493 e. The third-order valence-electron chi connectivity index (χ3n) is 3.42. The molecule has 0 aromatic heterocycles. The molecular formula is C17H14ClNO6. The SMILES string of the molecule is COc1cc(/C=C(\C(=O)O)c2ccc(Cl)cc2)c([N+](=O)[O-])cc1OC. The highest BCUT2D eigenvalue weighted by molar-refractivity contribution is 6.30. The Labute approximate surface area is 148 Å². The molecule has 0 fully saturated rings. The van der Waals surface area contributed by atoms with E-state index in [9.17, 15) is 20.0 Å². The van der Waals surface area contributed by atoms with Gasteiger partial charge in [0.1, 0.15) is 0 Å². The summed E-state index contributed by atoms with van der Waals surface area (Å²) >= 11 is 5.81. The minimum absolute atomic E-state index is 0.0787. The summed E-state index contributed by atoms with van der Waals surface area (Å²) in [6, 6.07) is 8.67. The first-order valence-electron chi connectivity index (χ1n) is 6.98. The zero-order valence-corrected chi connectivity index (χ0v) is 14.1. The summed E-state index contributed by atoms with van der Waals surface area (Å²) < 4.78 is 10.2. The van der Waals surface area contributed by atoms with Crippen LogP contribution in [0.5, 0.6) is 11.5 Å². The van der Waals surface area contributed by atoms with Gasteiger partial charge >= 0.3 is 5.97 Å². The largest absolute Gasteiger partial charge is 0.493 e. The van der Waals surface area contributed by atoms with Crippen molar-refractivity contribution in [3.8, 4) is 11.5 Å². The van der Waals surface area contributed by atoms with Crippen molar-refractivity contribution in [2.24, 2.45) is 0 Å². The summed E-state index contributed by atoms with van der Waals surface area (Å²) in [7, 11) is 2.74. The van der Waals surface area contributed by atoms with Crippen LogP contribution in [-0.2, 0) is 4.79 Å². The topological polar surface area (TPSA) is 98.9 Å². The first-order valence-corrected chi connectivity index (χ1v) is 7.36. The van der Waals surface area contributed by atoms with Gasteiger partial charge in [0, 0.05) is 5.02 Å². The number of methoxy groups -OCH3 is 2. The van der Waals surface area contributed by atoms with Gasteiger partial charge in [0.25, 0.3) is 5.69 Å². The summed E-state index contributed by atoms with van der Waals surface area (Å²) in [6.45, 7) is 0. The van der Waals surface area contributed by atoms with Crippen LogP contribution in [0.4, 0.5) is 5.69 Å². The maximum absolute atomic E-state index is 11.6. The Morgan fingerprint density at radius 3 is 2.20 bits per heavy atom. The highest BCUT2D eigenvalue weighted by Crippen LogP contribution is 2.36. The summed E-state index contributed by atoms with van der Waals surface area (Å²) in [6.07, 6.45) is 1.21. The van der Waals surface area contributed by atoms with Crippen LogP contribution in [0.1, 0.15) is 11.1 Å². The lowest BCUT2D eigenvalue weighted by atomic mass is 10.0. The Morgan fingerprint density at radius 2 is 1.72 bits per heavy atom. The molecule has 0 amide bonds. The molecule has 0 atom stereocenters. The number of halogens is 1. The van der Waals surface area contributed by atoms with E-state index in [2.05, 4.69) is 0 Å². The highest BCUT2D eigenvalue weighted by atomic mass is 35.5. The monoisotopic (exact) mass is 363 g/mol. The molecule has 0 spiro atoms. The van der Waals surface area contributed by atoms with Crippen LogP contribution in [0, 0.1) is 10.1 Å². The lowest BCUT2D eigenvalue weighted by Crippen LogP contribution is -2.01. The maximum Gasteiger partial charge on any atom is 0.336 e. The molecule has 130 valence electrons. The van der Waals surface area contributed by atoms with Gasteiger partial charge in [0.15, 0.2) is 11.5 Å². The molecular weight excluding hydrogens is 350 g/mol. The zero-order valence-electron chi connectivity index (χ0n) is 13.4. The second-order valence-electron chi connectivity index (χ2n) is 4.89. The van der Waals surface area contributed by atoms with Crippen molar-refractivity contribution in [3.63, 3.8) is 0 Å². The number of carbonyl (C=O) groups is 1. The molecule has 7 nitrogen and oxygen atoms in total. The van der Waals surface area contributed by atoms with Crippen LogP contribution in [-0.4, -0.2) is 30.2 Å².